The minimum Gasteiger partial charge on any atom is -0.267 e. The summed E-state index contributed by atoms with van der Waals surface area (Å²) in [6, 6.07) is 12.7. The molecule has 0 aliphatic rings. The highest BCUT2D eigenvalue weighted by Crippen LogP contribution is 2.13. The van der Waals surface area contributed by atoms with Gasteiger partial charge in [-0.1, -0.05) is 18.2 Å². The quantitative estimate of drug-likeness (QED) is 0.617. The van der Waals surface area contributed by atoms with Gasteiger partial charge in [0.25, 0.3) is 5.82 Å². The highest BCUT2D eigenvalue weighted by Gasteiger charge is 2.10. The van der Waals surface area contributed by atoms with Crippen LogP contribution in [0.3, 0.4) is 0 Å². The summed E-state index contributed by atoms with van der Waals surface area (Å²) in [6.07, 6.45) is 0. The average molecular weight is 187 g/mol. The molecule has 14 heavy (non-hydrogen) atoms. The number of anilines is 1. The molecule has 1 heterocycles. The van der Waals surface area contributed by atoms with E-state index in [1.165, 1.54) is 16.7 Å². The van der Waals surface area contributed by atoms with E-state index in [9.17, 15) is 0 Å². The molecule has 0 bridgehead atoms. The van der Waals surface area contributed by atoms with Gasteiger partial charge in [0.05, 0.1) is 21.1 Å². The maximum absolute atomic E-state index is 2.20. The molecule has 0 atom stereocenters. The topological polar surface area (TPSA) is 7.12 Å². The van der Waals surface area contributed by atoms with E-state index < -0.39 is 0 Å². The van der Waals surface area contributed by atoms with Crippen molar-refractivity contribution in [3.63, 3.8) is 0 Å². The van der Waals surface area contributed by atoms with Crippen molar-refractivity contribution in [1.82, 2.24) is 0 Å². The molecule has 2 heteroatoms. The Morgan fingerprint density at radius 3 is 2.43 bits per heavy atom. The van der Waals surface area contributed by atoms with E-state index in [2.05, 4.69) is 67.0 Å². The fourth-order valence-electron chi connectivity index (χ4n) is 1.78. The second kappa shape index (κ2) is 3.29. The van der Waals surface area contributed by atoms with Crippen LogP contribution in [0, 0.1) is 0 Å². The van der Waals surface area contributed by atoms with Crippen LogP contribution in [0.5, 0.6) is 0 Å². The number of hydrogen-bond donors (Lipinski definition) is 0. The maximum atomic E-state index is 2.20. The lowest BCUT2D eigenvalue weighted by molar-refractivity contribution is -0.631. The third-order valence-electron chi connectivity index (χ3n) is 2.51. The van der Waals surface area contributed by atoms with Crippen molar-refractivity contribution in [2.75, 3.05) is 19.0 Å². The molecule has 0 radical (unpaired) electrons. The van der Waals surface area contributed by atoms with Gasteiger partial charge in [-0.3, -0.25) is 4.90 Å². The zero-order valence-electron chi connectivity index (χ0n) is 8.86. The summed E-state index contributed by atoms with van der Waals surface area (Å²) in [4.78, 5) is 2.12. The van der Waals surface area contributed by atoms with Gasteiger partial charge in [-0.15, -0.1) is 0 Å². The number of para-hydroxylation sites is 1. The second-order valence-electron chi connectivity index (χ2n) is 3.70. The van der Waals surface area contributed by atoms with E-state index in [1.807, 2.05) is 0 Å². The predicted molar refractivity (Wildman–Crippen MR) is 59.5 cm³/mol. The summed E-state index contributed by atoms with van der Waals surface area (Å²) < 4.78 is 2.20. The number of aryl methyl sites for hydroxylation is 1. The Balaban J connectivity index is 2.75. The summed E-state index contributed by atoms with van der Waals surface area (Å²) >= 11 is 0. The van der Waals surface area contributed by atoms with Crippen LogP contribution >= 0.6 is 0 Å². The fraction of sp³-hybridized carbons (Fsp3) is 0.250. The summed E-state index contributed by atoms with van der Waals surface area (Å²) in [7, 11) is 6.21. The molecule has 2 rings (SSSR count). The number of hydrogen-bond acceptors (Lipinski definition) is 1. The fourth-order valence-corrected chi connectivity index (χ4v) is 1.78. The molecule has 2 aromatic rings. The van der Waals surface area contributed by atoms with E-state index in [4.69, 9.17) is 0 Å². The summed E-state index contributed by atoms with van der Waals surface area (Å²) in [5.41, 5.74) is 1.26. The van der Waals surface area contributed by atoms with E-state index in [1.54, 1.807) is 0 Å². The molecule has 0 aliphatic heterocycles. The van der Waals surface area contributed by atoms with Crippen molar-refractivity contribution in [2.24, 2.45) is 7.05 Å². The summed E-state index contributed by atoms with van der Waals surface area (Å²) in [6.45, 7) is 0. The van der Waals surface area contributed by atoms with Gasteiger partial charge in [-0.2, -0.15) is 0 Å². The normalized spacial score (nSPS) is 10.5. The Labute approximate surface area is 84.4 Å². The number of benzene rings is 1. The van der Waals surface area contributed by atoms with Crippen molar-refractivity contribution >= 4 is 16.7 Å². The summed E-state index contributed by atoms with van der Waals surface area (Å²) in [5.74, 6) is 1.21. The highest BCUT2D eigenvalue weighted by molar-refractivity contribution is 5.76. The molecule has 0 fully saturated rings. The Morgan fingerprint density at radius 2 is 1.71 bits per heavy atom. The number of aromatic nitrogens is 1. The third-order valence-corrected chi connectivity index (χ3v) is 2.51. The predicted octanol–water partition coefficient (Wildman–Crippen LogP) is 1.73. The highest BCUT2D eigenvalue weighted by atomic mass is 15.2. The van der Waals surface area contributed by atoms with Gasteiger partial charge in [0, 0.05) is 11.5 Å². The van der Waals surface area contributed by atoms with Crippen LogP contribution in [0.25, 0.3) is 10.9 Å². The van der Waals surface area contributed by atoms with Crippen molar-refractivity contribution in [2.45, 2.75) is 0 Å². The third kappa shape index (κ3) is 1.33. The Morgan fingerprint density at radius 1 is 1.00 bits per heavy atom. The SMILES string of the molecule is CN(C)c1ccc2ccccc2[n+]1C. The molecule has 0 spiro atoms. The minimum atomic E-state index is 1.21. The van der Waals surface area contributed by atoms with Crippen LogP contribution in [0.4, 0.5) is 5.82 Å². The molecule has 2 nitrogen and oxygen atoms in total. The molecular weight excluding hydrogens is 172 g/mol. The first-order chi connectivity index (χ1) is 6.70. The standard InChI is InChI=1S/C12H15N2/c1-13(2)12-9-8-10-6-4-5-7-11(10)14(12)3/h4-9H,1-3H3/q+1. The lowest BCUT2D eigenvalue weighted by atomic mass is 10.2. The van der Waals surface area contributed by atoms with E-state index >= 15 is 0 Å². The average Bonchev–Trinajstić information content (AvgIpc) is 2.18. The van der Waals surface area contributed by atoms with Gasteiger partial charge in [0.15, 0.2) is 0 Å². The van der Waals surface area contributed by atoms with Crippen molar-refractivity contribution in [3.8, 4) is 0 Å². The first-order valence-electron chi connectivity index (χ1n) is 4.75. The van der Waals surface area contributed by atoms with Gasteiger partial charge in [0.2, 0.25) is 0 Å². The van der Waals surface area contributed by atoms with E-state index in [0.717, 1.165) is 0 Å². The van der Waals surface area contributed by atoms with Crippen molar-refractivity contribution in [1.29, 1.82) is 0 Å². The molecule has 0 saturated heterocycles. The van der Waals surface area contributed by atoms with Gasteiger partial charge < -0.3 is 0 Å². The molecule has 0 amide bonds. The molecular formula is C12H15N2+. The molecule has 0 saturated carbocycles. The van der Waals surface area contributed by atoms with E-state index in [0.29, 0.717) is 0 Å². The van der Waals surface area contributed by atoms with Crippen LogP contribution in [-0.4, -0.2) is 14.1 Å². The molecule has 0 N–H and O–H groups in total. The second-order valence-corrected chi connectivity index (χ2v) is 3.70. The maximum Gasteiger partial charge on any atom is 0.276 e. The molecule has 1 aromatic carbocycles. The Kier molecular flexibility index (Phi) is 2.12. The zero-order chi connectivity index (χ0) is 10.1. The van der Waals surface area contributed by atoms with Crippen LogP contribution in [-0.2, 0) is 7.05 Å². The Bertz CT molecular complexity index is 461. The molecule has 0 unspecified atom stereocenters. The van der Waals surface area contributed by atoms with Gasteiger partial charge in [-0.25, -0.2) is 4.57 Å². The van der Waals surface area contributed by atoms with Gasteiger partial charge >= 0.3 is 0 Å². The molecule has 72 valence electrons. The minimum absolute atomic E-state index is 1.21. The van der Waals surface area contributed by atoms with Gasteiger partial charge in [0.1, 0.15) is 5.52 Å². The van der Waals surface area contributed by atoms with Crippen molar-refractivity contribution < 1.29 is 4.57 Å². The zero-order valence-corrected chi connectivity index (χ0v) is 8.86. The largest absolute Gasteiger partial charge is 0.276 e. The monoisotopic (exact) mass is 187 g/mol. The number of fused-ring (bicyclic) bond motifs is 1. The van der Waals surface area contributed by atoms with Crippen LogP contribution < -0.4 is 9.47 Å². The van der Waals surface area contributed by atoms with Crippen molar-refractivity contribution in [3.05, 3.63) is 36.4 Å². The van der Waals surface area contributed by atoms with Crippen LogP contribution in [0.2, 0.25) is 0 Å². The van der Waals surface area contributed by atoms with E-state index in [-0.39, 0.29) is 0 Å². The Hall–Kier alpha value is -1.57. The first-order valence-corrected chi connectivity index (χ1v) is 4.75. The van der Waals surface area contributed by atoms with Crippen LogP contribution in [0.15, 0.2) is 36.4 Å². The molecule has 1 aromatic heterocycles. The first kappa shape index (κ1) is 9.00. The number of pyridine rings is 1. The lowest BCUT2D eigenvalue weighted by Crippen LogP contribution is -2.36. The number of rotatable bonds is 1. The smallest absolute Gasteiger partial charge is 0.267 e. The van der Waals surface area contributed by atoms with Gasteiger partial charge in [-0.05, 0) is 12.1 Å². The molecule has 0 aliphatic carbocycles. The van der Waals surface area contributed by atoms with Crippen LogP contribution in [0.1, 0.15) is 0 Å². The summed E-state index contributed by atoms with van der Waals surface area (Å²) in [5, 5.41) is 1.28. The lowest BCUT2D eigenvalue weighted by Gasteiger charge is -2.09. The number of nitrogens with zero attached hydrogens (tertiary/aromatic N) is 2.